The number of hydrogen-bond donors (Lipinski definition) is 2. The molecule has 4 nitrogen and oxygen atoms in total. The number of nitrogens with one attached hydrogen (secondary N) is 1. The number of aryl methyl sites for hydroxylation is 2. The molecule has 1 heterocycles. The average Bonchev–Trinajstić information content (AvgIpc) is 2.64. The molecule has 0 saturated heterocycles. The van der Waals surface area contributed by atoms with Crippen LogP contribution < -0.4 is 11.3 Å². The second-order valence-corrected chi connectivity index (χ2v) is 5.02. The van der Waals surface area contributed by atoms with Gasteiger partial charge >= 0.3 is 0 Å². The lowest BCUT2D eigenvalue weighted by Gasteiger charge is -2.17. The molecule has 6 heteroatoms. The Labute approximate surface area is 113 Å². The van der Waals surface area contributed by atoms with E-state index in [0.29, 0.717) is 5.56 Å². The van der Waals surface area contributed by atoms with E-state index in [-0.39, 0.29) is 5.82 Å². The van der Waals surface area contributed by atoms with Crippen LogP contribution in [0, 0.1) is 12.7 Å². The molecule has 2 rings (SSSR count). The van der Waals surface area contributed by atoms with Crippen LogP contribution in [-0.4, -0.2) is 9.78 Å². The minimum absolute atomic E-state index is 0.306. The summed E-state index contributed by atoms with van der Waals surface area (Å²) in [6, 6.07) is 6.22. The van der Waals surface area contributed by atoms with Crippen molar-refractivity contribution in [2.24, 2.45) is 12.9 Å². The van der Waals surface area contributed by atoms with E-state index in [1.54, 1.807) is 16.8 Å². The molecule has 18 heavy (non-hydrogen) atoms. The summed E-state index contributed by atoms with van der Waals surface area (Å²) in [7, 11) is 1.81. The van der Waals surface area contributed by atoms with Gasteiger partial charge in [0.1, 0.15) is 5.82 Å². The molecule has 0 amide bonds. The van der Waals surface area contributed by atoms with E-state index in [1.165, 1.54) is 6.07 Å². The highest BCUT2D eigenvalue weighted by molar-refractivity contribution is 9.10. The molecule has 1 aromatic heterocycles. The SMILES string of the molecule is Cc1cc(C(NN)c2cc(Br)ccc2F)n(C)n1. The third-order valence-corrected chi connectivity index (χ3v) is 3.26. The molecule has 0 spiro atoms. The Hall–Kier alpha value is -1.24. The number of hydrogen-bond acceptors (Lipinski definition) is 3. The van der Waals surface area contributed by atoms with Crippen LogP contribution in [0.1, 0.15) is 23.0 Å². The molecule has 0 aliphatic carbocycles. The summed E-state index contributed by atoms with van der Waals surface area (Å²) in [5.41, 5.74) is 4.79. The zero-order valence-corrected chi connectivity index (χ0v) is 11.7. The minimum Gasteiger partial charge on any atom is -0.271 e. The molecule has 0 aliphatic rings. The van der Waals surface area contributed by atoms with E-state index >= 15 is 0 Å². The fourth-order valence-electron chi connectivity index (χ4n) is 1.97. The molecule has 1 atom stereocenters. The Morgan fingerprint density at radius 3 is 2.72 bits per heavy atom. The van der Waals surface area contributed by atoms with Gasteiger partial charge in [-0.25, -0.2) is 9.82 Å². The van der Waals surface area contributed by atoms with Gasteiger partial charge in [-0.15, -0.1) is 0 Å². The van der Waals surface area contributed by atoms with Gasteiger partial charge in [0.25, 0.3) is 0 Å². The van der Waals surface area contributed by atoms with Crippen LogP contribution in [0.25, 0.3) is 0 Å². The van der Waals surface area contributed by atoms with Crippen LogP contribution in [0.3, 0.4) is 0 Å². The molecule has 0 fully saturated rings. The van der Waals surface area contributed by atoms with Crippen LogP contribution >= 0.6 is 15.9 Å². The monoisotopic (exact) mass is 312 g/mol. The maximum Gasteiger partial charge on any atom is 0.128 e. The molecule has 0 aliphatic heterocycles. The Bertz CT molecular complexity index is 567. The van der Waals surface area contributed by atoms with Crippen molar-refractivity contribution in [1.82, 2.24) is 15.2 Å². The maximum atomic E-state index is 13.9. The van der Waals surface area contributed by atoms with Crippen molar-refractivity contribution < 1.29 is 4.39 Å². The lowest BCUT2D eigenvalue weighted by Crippen LogP contribution is -2.31. The molecule has 1 aromatic carbocycles. The summed E-state index contributed by atoms with van der Waals surface area (Å²) in [5.74, 6) is 5.26. The van der Waals surface area contributed by atoms with Gasteiger partial charge in [-0.2, -0.15) is 5.10 Å². The highest BCUT2D eigenvalue weighted by Crippen LogP contribution is 2.26. The van der Waals surface area contributed by atoms with E-state index < -0.39 is 6.04 Å². The van der Waals surface area contributed by atoms with Crippen LogP contribution in [0.2, 0.25) is 0 Å². The molecule has 1 unspecified atom stereocenters. The van der Waals surface area contributed by atoms with Crippen LogP contribution in [0.5, 0.6) is 0 Å². The quantitative estimate of drug-likeness (QED) is 0.674. The summed E-state index contributed by atoms with van der Waals surface area (Å²) in [5, 5.41) is 4.24. The second kappa shape index (κ2) is 5.17. The highest BCUT2D eigenvalue weighted by atomic mass is 79.9. The largest absolute Gasteiger partial charge is 0.271 e. The lowest BCUT2D eigenvalue weighted by atomic mass is 10.0. The van der Waals surface area contributed by atoms with Crippen molar-refractivity contribution in [3.05, 3.63) is 51.5 Å². The van der Waals surface area contributed by atoms with Gasteiger partial charge < -0.3 is 0 Å². The molecule has 0 radical (unpaired) electrons. The first-order valence-corrected chi connectivity index (χ1v) is 6.24. The van der Waals surface area contributed by atoms with Crippen molar-refractivity contribution in [3.8, 4) is 0 Å². The zero-order chi connectivity index (χ0) is 13.3. The van der Waals surface area contributed by atoms with E-state index in [9.17, 15) is 4.39 Å². The van der Waals surface area contributed by atoms with Crippen molar-refractivity contribution in [2.75, 3.05) is 0 Å². The van der Waals surface area contributed by atoms with E-state index in [1.807, 2.05) is 20.0 Å². The molecule has 2 aromatic rings. The standard InChI is InChI=1S/C12H14BrFN4/c1-7-5-11(18(2)17-7)12(16-15)9-6-8(13)3-4-10(9)14/h3-6,12,16H,15H2,1-2H3. The number of aromatic nitrogens is 2. The Balaban J connectivity index is 2.51. The number of nitrogens with zero attached hydrogens (tertiary/aromatic N) is 2. The van der Waals surface area contributed by atoms with Crippen molar-refractivity contribution in [3.63, 3.8) is 0 Å². The van der Waals surface area contributed by atoms with Crippen molar-refractivity contribution in [1.29, 1.82) is 0 Å². The summed E-state index contributed by atoms with van der Waals surface area (Å²) >= 11 is 3.33. The fourth-order valence-corrected chi connectivity index (χ4v) is 2.35. The summed E-state index contributed by atoms with van der Waals surface area (Å²) in [6.07, 6.45) is 0. The Kier molecular flexibility index (Phi) is 3.79. The minimum atomic E-state index is -0.436. The second-order valence-electron chi connectivity index (χ2n) is 4.10. The molecule has 96 valence electrons. The van der Waals surface area contributed by atoms with Crippen molar-refractivity contribution >= 4 is 15.9 Å². The predicted octanol–water partition coefficient (Wildman–Crippen LogP) is 2.18. The maximum absolute atomic E-state index is 13.9. The lowest BCUT2D eigenvalue weighted by molar-refractivity contribution is 0.532. The summed E-state index contributed by atoms with van der Waals surface area (Å²) in [6.45, 7) is 1.88. The van der Waals surface area contributed by atoms with Gasteiger partial charge in [0, 0.05) is 17.1 Å². The van der Waals surface area contributed by atoms with E-state index in [2.05, 4.69) is 26.5 Å². The summed E-state index contributed by atoms with van der Waals surface area (Å²) in [4.78, 5) is 0. The van der Waals surface area contributed by atoms with Gasteiger partial charge in [-0.05, 0) is 31.2 Å². The van der Waals surface area contributed by atoms with Gasteiger partial charge in [-0.3, -0.25) is 10.5 Å². The molecule has 0 saturated carbocycles. The van der Waals surface area contributed by atoms with Crippen molar-refractivity contribution in [2.45, 2.75) is 13.0 Å². The fraction of sp³-hybridized carbons (Fsp3) is 0.250. The first-order valence-electron chi connectivity index (χ1n) is 5.44. The summed E-state index contributed by atoms with van der Waals surface area (Å²) < 4.78 is 16.4. The number of rotatable bonds is 3. The van der Waals surface area contributed by atoms with Gasteiger partial charge in [-0.1, -0.05) is 15.9 Å². The number of hydrazine groups is 1. The zero-order valence-electron chi connectivity index (χ0n) is 10.1. The average molecular weight is 313 g/mol. The Morgan fingerprint density at radius 1 is 1.44 bits per heavy atom. The first kappa shape index (κ1) is 13.2. The number of nitrogens with two attached hydrogens (primary N) is 1. The van der Waals surface area contributed by atoms with Crippen LogP contribution in [-0.2, 0) is 7.05 Å². The number of halogens is 2. The highest BCUT2D eigenvalue weighted by Gasteiger charge is 2.20. The normalized spacial score (nSPS) is 12.7. The predicted molar refractivity (Wildman–Crippen MR) is 71.2 cm³/mol. The first-order chi connectivity index (χ1) is 8.52. The molecular formula is C12H14BrFN4. The molecule has 0 bridgehead atoms. The van der Waals surface area contributed by atoms with Crippen LogP contribution in [0.15, 0.2) is 28.7 Å². The third-order valence-electron chi connectivity index (χ3n) is 2.77. The van der Waals surface area contributed by atoms with E-state index in [0.717, 1.165) is 15.9 Å². The topological polar surface area (TPSA) is 55.9 Å². The molecular weight excluding hydrogens is 299 g/mol. The van der Waals surface area contributed by atoms with Gasteiger partial charge in [0.05, 0.1) is 17.4 Å². The van der Waals surface area contributed by atoms with E-state index in [4.69, 9.17) is 5.84 Å². The molecule has 3 N–H and O–H groups in total. The number of benzene rings is 1. The Morgan fingerprint density at radius 2 is 2.17 bits per heavy atom. The third kappa shape index (κ3) is 2.45. The van der Waals surface area contributed by atoms with Gasteiger partial charge in [0.15, 0.2) is 0 Å². The smallest absolute Gasteiger partial charge is 0.128 e. The van der Waals surface area contributed by atoms with Gasteiger partial charge in [0.2, 0.25) is 0 Å². The van der Waals surface area contributed by atoms with Crippen LogP contribution in [0.4, 0.5) is 4.39 Å².